The van der Waals surface area contributed by atoms with Crippen molar-refractivity contribution in [1.82, 2.24) is 5.43 Å². The molecule has 0 saturated heterocycles. The summed E-state index contributed by atoms with van der Waals surface area (Å²) < 4.78 is 4.69. The van der Waals surface area contributed by atoms with Gasteiger partial charge in [0.25, 0.3) is 0 Å². The molecule has 106 valence electrons. The number of hydrazone groups is 1. The molecule has 2 aromatic rings. The third-order valence-electron chi connectivity index (χ3n) is 3.17. The number of methoxy groups -OCH3 is 1. The van der Waals surface area contributed by atoms with Gasteiger partial charge in [0, 0.05) is 5.56 Å². The summed E-state index contributed by atoms with van der Waals surface area (Å²) in [7, 11) is 1.38. The minimum absolute atomic E-state index is 0.0619. The fourth-order valence-electron chi connectivity index (χ4n) is 2.05. The van der Waals surface area contributed by atoms with E-state index in [1.54, 1.807) is 23.9 Å². The molecule has 0 bridgehead atoms. The molecule has 0 spiro atoms. The summed E-state index contributed by atoms with van der Waals surface area (Å²) in [6, 6.07) is 17.4. The molecule has 0 saturated carbocycles. The molecule has 0 amide bonds. The van der Waals surface area contributed by atoms with E-state index in [0.717, 1.165) is 16.2 Å². The number of rotatable bonds is 3. The zero-order valence-electron chi connectivity index (χ0n) is 11.4. The van der Waals surface area contributed by atoms with Crippen molar-refractivity contribution >= 4 is 22.8 Å². The van der Waals surface area contributed by atoms with Crippen LogP contribution in [0.15, 0.2) is 59.7 Å². The molecule has 0 radical (unpaired) electrons. The minimum Gasteiger partial charge on any atom is -0.465 e. The highest BCUT2D eigenvalue weighted by atomic mass is 32.2. The van der Waals surface area contributed by atoms with Crippen LogP contribution < -0.4 is 5.43 Å². The summed E-state index contributed by atoms with van der Waals surface area (Å²) in [5.74, 6) is -0.324. The Kier molecular flexibility index (Phi) is 3.92. The van der Waals surface area contributed by atoms with Crippen molar-refractivity contribution in [3.63, 3.8) is 0 Å². The van der Waals surface area contributed by atoms with Gasteiger partial charge in [-0.05, 0) is 17.7 Å². The summed E-state index contributed by atoms with van der Waals surface area (Å²) in [6.45, 7) is 0. The lowest BCUT2D eigenvalue weighted by molar-refractivity contribution is 0.0600. The molecule has 0 fully saturated rings. The second-order valence-electron chi connectivity index (χ2n) is 4.52. The highest BCUT2D eigenvalue weighted by Gasteiger charge is 2.22. The number of esters is 1. The lowest BCUT2D eigenvalue weighted by Gasteiger charge is -2.10. The molecule has 5 heteroatoms. The van der Waals surface area contributed by atoms with Crippen molar-refractivity contribution in [2.75, 3.05) is 7.11 Å². The van der Waals surface area contributed by atoms with E-state index in [0.29, 0.717) is 5.56 Å². The van der Waals surface area contributed by atoms with Crippen LogP contribution in [0.5, 0.6) is 0 Å². The summed E-state index contributed by atoms with van der Waals surface area (Å²) in [4.78, 5) is 11.4. The van der Waals surface area contributed by atoms with Crippen LogP contribution in [-0.4, -0.2) is 18.1 Å². The van der Waals surface area contributed by atoms with Crippen molar-refractivity contribution < 1.29 is 9.53 Å². The van der Waals surface area contributed by atoms with Crippen LogP contribution in [0.3, 0.4) is 0 Å². The topological polar surface area (TPSA) is 50.7 Å². The van der Waals surface area contributed by atoms with Crippen molar-refractivity contribution in [2.45, 2.75) is 5.37 Å². The largest absolute Gasteiger partial charge is 0.465 e. The smallest absolute Gasteiger partial charge is 0.337 e. The van der Waals surface area contributed by atoms with E-state index in [1.165, 1.54) is 7.11 Å². The molecule has 1 aliphatic rings. The van der Waals surface area contributed by atoms with Crippen LogP contribution in [-0.2, 0) is 4.74 Å². The van der Waals surface area contributed by atoms with E-state index in [-0.39, 0.29) is 11.3 Å². The standard InChI is InChI=1S/C16H14N2O2S/c1-20-16(19)13-9-7-12(8-10-13)15-18-17-14(21-15)11-5-3-2-4-6-11/h2-10,15,18H,1H3. The molecule has 1 N–H and O–H groups in total. The van der Waals surface area contributed by atoms with E-state index >= 15 is 0 Å². The van der Waals surface area contributed by atoms with Gasteiger partial charge in [-0.2, -0.15) is 5.10 Å². The van der Waals surface area contributed by atoms with E-state index < -0.39 is 0 Å². The maximum Gasteiger partial charge on any atom is 0.337 e. The molecule has 2 aromatic carbocycles. The second kappa shape index (κ2) is 6.01. The van der Waals surface area contributed by atoms with E-state index in [9.17, 15) is 4.79 Å². The monoisotopic (exact) mass is 298 g/mol. The van der Waals surface area contributed by atoms with Gasteiger partial charge in [-0.25, -0.2) is 4.79 Å². The van der Waals surface area contributed by atoms with Crippen molar-refractivity contribution in [3.05, 3.63) is 71.3 Å². The van der Waals surface area contributed by atoms with Crippen molar-refractivity contribution in [3.8, 4) is 0 Å². The quantitative estimate of drug-likeness (QED) is 0.884. The van der Waals surface area contributed by atoms with Crippen LogP contribution in [0, 0.1) is 0 Å². The van der Waals surface area contributed by atoms with Gasteiger partial charge in [0.1, 0.15) is 10.4 Å². The molecule has 1 unspecified atom stereocenters. The molecule has 1 atom stereocenters. The van der Waals surface area contributed by atoms with Gasteiger partial charge in [-0.15, -0.1) is 0 Å². The number of carbonyl (C=O) groups excluding carboxylic acids is 1. The number of carbonyl (C=O) groups is 1. The van der Waals surface area contributed by atoms with Gasteiger partial charge in [-0.1, -0.05) is 54.2 Å². The first-order valence-electron chi connectivity index (χ1n) is 6.51. The lowest BCUT2D eigenvalue weighted by atomic mass is 10.1. The minimum atomic E-state index is -0.324. The first kappa shape index (κ1) is 13.7. The molecule has 3 rings (SSSR count). The highest BCUT2D eigenvalue weighted by Crippen LogP contribution is 2.34. The van der Waals surface area contributed by atoms with E-state index in [4.69, 9.17) is 4.74 Å². The summed E-state index contributed by atoms with van der Waals surface area (Å²) in [5.41, 5.74) is 5.84. The Morgan fingerprint density at radius 2 is 1.86 bits per heavy atom. The van der Waals surface area contributed by atoms with Gasteiger partial charge in [0.05, 0.1) is 12.7 Å². The Balaban J connectivity index is 1.72. The van der Waals surface area contributed by atoms with Crippen LogP contribution >= 0.6 is 11.8 Å². The molecule has 1 aliphatic heterocycles. The zero-order valence-corrected chi connectivity index (χ0v) is 12.3. The lowest BCUT2D eigenvalue weighted by Crippen LogP contribution is -2.07. The van der Waals surface area contributed by atoms with E-state index in [2.05, 4.69) is 10.5 Å². The maximum absolute atomic E-state index is 11.4. The van der Waals surface area contributed by atoms with Gasteiger partial charge in [0.15, 0.2) is 0 Å². The SMILES string of the molecule is COC(=O)c1ccc(C2NN=C(c3ccccc3)S2)cc1. The number of nitrogens with one attached hydrogen (secondary N) is 1. The molecule has 0 aromatic heterocycles. The maximum atomic E-state index is 11.4. The van der Waals surface area contributed by atoms with Crippen molar-refractivity contribution in [2.24, 2.45) is 5.10 Å². The Morgan fingerprint density at radius 3 is 2.52 bits per heavy atom. The first-order valence-corrected chi connectivity index (χ1v) is 7.39. The van der Waals surface area contributed by atoms with Gasteiger partial charge in [0.2, 0.25) is 0 Å². The third-order valence-corrected chi connectivity index (χ3v) is 4.33. The predicted molar refractivity (Wildman–Crippen MR) is 84.2 cm³/mol. The Morgan fingerprint density at radius 1 is 1.14 bits per heavy atom. The average Bonchev–Trinajstić information content (AvgIpc) is 3.05. The highest BCUT2D eigenvalue weighted by molar-refractivity contribution is 8.14. The first-order chi connectivity index (χ1) is 10.3. The van der Waals surface area contributed by atoms with Crippen LogP contribution in [0.2, 0.25) is 0 Å². The fraction of sp³-hybridized carbons (Fsp3) is 0.125. The van der Waals surface area contributed by atoms with Crippen LogP contribution in [0.4, 0.5) is 0 Å². The Hall–Kier alpha value is -2.27. The zero-order chi connectivity index (χ0) is 14.7. The number of hydrogen-bond acceptors (Lipinski definition) is 5. The molecular formula is C16H14N2O2S. The Bertz CT molecular complexity index is 668. The van der Waals surface area contributed by atoms with Gasteiger partial charge in [-0.3, -0.25) is 5.43 Å². The van der Waals surface area contributed by atoms with Crippen molar-refractivity contribution in [1.29, 1.82) is 0 Å². The molecule has 4 nitrogen and oxygen atoms in total. The van der Waals surface area contributed by atoms with E-state index in [1.807, 2.05) is 42.5 Å². The Labute approximate surface area is 127 Å². The number of hydrogen-bond donors (Lipinski definition) is 1. The fourth-order valence-corrected chi connectivity index (χ4v) is 3.05. The average molecular weight is 298 g/mol. The molecule has 0 aliphatic carbocycles. The molecular weight excluding hydrogens is 284 g/mol. The van der Waals surface area contributed by atoms with Gasteiger partial charge >= 0.3 is 5.97 Å². The number of benzene rings is 2. The number of thioether (sulfide) groups is 1. The van der Waals surface area contributed by atoms with Crippen LogP contribution in [0.25, 0.3) is 0 Å². The third kappa shape index (κ3) is 2.92. The predicted octanol–water partition coefficient (Wildman–Crippen LogP) is 3.17. The molecule has 1 heterocycles. The van der Waals surface area contributed by atoms with Crippen LogP contribution in [0.1, 0.15) is 26.9 Å². The number of nitrogens with zero attached hydrogens (tertiary/aromatic N) is 1. The molecule has 21 heavy (non-hydrogen) atoms. The van der Waals surface area contributed by atoms with Gasteiger partial charge < -0.3 is 4.74 Å². The summed E-state index contributed by atoms with van der Waals surface area (Å²) >= 11 is 1.66. The summed E-state index contributed by atoms with van der Waals surface area (Å²) in [5, 5.41) is 5.41. The summed E-state index contributed by atoms with van der Waals surface area (Å²) in [6.07, 6.45) is 0. The normalized spacial score (nSPS) is 17.0. The number of ether oxygens (including phenoxy) is 1. The second-order valence-corrected chi connectivity index (χ2v) is 5.62.